The smallest absolute Gasteiger partial charge is 0.435 e. The summed E-state index contributed by atoms with van der Waals surface area (Å²) in [5, 5.41) is 12.5. The number of hydrogen-bond acceptors (Lipinski definition) is 6. The molecule has 8 nitrogen and oxygen atoms in total. The summed E-state index contributed by atoms with van der Waals surface area (Å²) in [6.45, 7) is 2.73. The van der Waals surface area contributed by atoms with E-state index in [1.807, 2.05) is 4.90 Å². The van der Waals surface area contributed by atoms with Crippen molar-refractivity contribution in [2.24, 2.45) is 13.0 Å². The lowest BCUT2D eigenvalue weighted by atomic mass is 9.97. The van der Waals surface area contributed by atoms with Crippen LogP contribution in [0.3, 0.4) is 0 Å². The van der Waals surface area contributed by atoms with Gasteiger partial charge in [-0.15, -0.1) is 0 Å². The van der Waals surface area contributed by atoms with Gasteiger partial charge in [-0.05, 0) is 19.8 Å². The van der Waals surface area contributed by atoms with Crippen LogP contribution in [-0.2, 0) is 18.0 Å². The van der Waals surface area contributed by atoms with Gasteiger partial charge in [0, 0.05) is 26.2 Å². The molecule has 2 aromatic rings. The van der Waals surface area contributed by atoms with E-state index in [4.69, 9.17) is 9.84 Å². The maximum atomic E-state index is 12.8. The highest BCUT2D eigenvalue weighted by molar-refractivity contribution is 5.70. The molecule has 3 rings (SSSR count). The van der Waals surface area contributed by atoms with E-state index < -0.39 is 17.8 Å². The Balaban J connectivity index is 1.80. The first-order chi connectivity index (χ1) is 12.7. The van der Waals surface area contributed by atoms with Gasteiger partial charge in [0.25, 0.3) is 0 Å². The van der Waals surface area contributed by atoms with E-state index in [-0.39, 0.29) is 17.7 Å². The molecule has 0 amide bonds. The first-order valence-electron chi connectivity index (χ1n) is 8.25. The molecule has 1 N–H and O–H groups in total. The number of aryl methyl sites for hydroxylation is 1. The van der Waals surface area contributed by atoms with E-state index >= 15 is 0 Å². The number of aromatic nitrogens is 4. The van der Waals surface area contributed by atoms with Crippen molar-refractivity contribution in [1.29, 1.82) is 0 Å². The van der Waals surface area contributed by atoms with Crippen LogP contribution in [0.4, 0.5) is 19.0 Å². The Morgan fingerprint density at radius 1 is 1.30 bits per heavy atom. The van der Waals surface area contributed by atoms with Gasteiger partial charge in [-0.3, -0.25) is 4.79 Å². The Labute approximate surface area is 152 Å². The number of piperidine rings is 1. The normalized spacial score (nSPS) is 15.8. The molecular formula is C16H18F3N5O3. The van der Waals surface area contributed by atoms with Crippen molar-refractivity contribution in [2.45, 2.75) is 25.9 Å². The molecule has 3 heterocycles. The number of alkyl halides is 3. The van der Waals surface area contributed by atoms with Gasteiger partial charge in [-0.2, -0.15) is 18.3 Å². The summed E-state index contributed by atoms with van der Waals surface area (Å²) in [4.78, 5) is 21.2. The number of aliphatic carboxylic acids is 1. The lowest BCUT2D eigenvalue weighted by Crippen LogP contribution is -2.37. The van der Waals surface area contributed by atoms with E-state index in [9.17, 15) is 18.0 Å². The van der Waals surface area contributed by atoms with Gasteiger partial charge < -0.3 is 14.7 Å². The van der Waals surface area contributed by atoms with E-state index in [1.54, 1.807) is 6.92 Å². The summed E-state index contributed by atoms with van der Waals surface area (Å²) in [7, 11) is 1.35. The quantitative estimate of drug-likeness (QED) is 0.865. The number of rotatable bonds is 4. The molecule has 0 aliphatic carbocycles. The fourth-order valence-corrected chi connectivity index (χ4v) is 2.97. The maximum absolute atomic E-state index is 12.8. The fraction of sp³-hybridized carbons (Fsp3) is 0.500. The van der Waals surface area contributed by atoms with Crippen LogP contribution in [0, 0.1) is 12.8 Å². The lowest BCUT2D eigenvalue weighted by molar-refractivity contribution is -0.142. The number of ether oxygens (including phenoxy) is 1. The number of nitrogens with zero attached hydrogens (tertiary/aromatic N) is 5. The molecule has 1 aliphatic heterocycles. The molecule has 0 unspecified atom stereocenters. The van der Waals surface area contributed by atoms with Crippen molar-refractivity contribution in [3.05, 3.63) is 23.7 Å². The number of halogens is 3. The Kier molecular flexibility index (Phi) is 4.94. The molecule has 27 heavy (non-hydrogen) atoms. The summed E-state index contributed by atoms with van der Waals surface area (Å²) >= 11 is 0. The highest BCUT2D eigenvalue weighted by atomic mass is 19.4. The van der Waals surface area contributed by atoms with Crippen molar-refractivity contribution in [3.63, 3.8) is 0 Å². The van der Waals surface area contributed by atoms with Crippen molar-refractivity contribution in [2.75, 3.05) is 18.0 Å². The number of anilines is 1. The molecule has 0 spiro atoms. The van der Waals surface area contributed by atoms with Crippen molar-refractivity contribution in [1.82, 2.24) is 19.7 Å². The standard InChI is InChI=1S/C16H18F3N5O3/c1-9-13(24-5-3-10(4-6-24)15(25)26)20-8-21-14(9)27-12-7-11(16(17,18)19)22-23(12)2/h7-8,10H,3-6H2,1-2H3,(H,25,26). The monoisotopic (exact) mass is 385 g/mol. The second-order valence-electron chi connectivity index (χ2n) is 6.32. The summed E-state index contributed by atoms with van der Waals surface area (Å²) in [6, 6.07) is 0.805. The van der Waals surface area contributed by atoms with Gasteiger partial charge >= 0.3 is 12.1 Å². The third-order valence-electron chi connectivity index (χ3n) is 4.48. The molecule has 0 atom stereocenters. The molecule has 11 heteroatoms. The third-order valence-corrected chi connectivity index (χ3v) is 4.48. The summed E-state index contributed by atoms with van der Waals surface area (Å²) in [6.07, 6.45) is -2.32. The molecule has 1 fully saturated rings. The molecule has 146 valence electrons. The predicted octanol–water partition coefficient (Wildman–Crippen LogP) is 2.63. The molecule has 1 saturated heterocycles. The molecule has 0 radical (unpaired) electrons. The van der Waals surface area contributed by atoms with Crippen molar-refractivity contribution >= 4 is 11.8 Å². The SMILES string of the molecule is Cc1c(Oc2cc(C(F)(F)F)nn2C)ncnc1N1CCC(C(=O)O)CC1. The van der Waals surface area contributed by atoms with Crippen LogP contribution in [0.2, 0.25) is 0 Å². The number of carboxylic acid groups (broad SMARTS) is 1. The van der Waals surface area contributed by atoms with Gasteiger partial charge in [-0.1, -0.05) is 0 Å². The van der Waals surface area contributed by atoms with E-state index in [0.29, 0.717) is 37.3 Å². The van der Waals surface area contributed by atoms with Crippen molar-refractivity contribution in [3.8, 4) is 11.8 Å². The van der Waals surface area contributed by atoms with Gasteiger partial charge in [-0.25, -0.2) is 14.6 Å². The number of carboxylic acids is 1. The molecule has 0 aromatic carbocycles. The Hall–Kier alpha value is -2.85. The van der Waals surface area contributed by atoms with Gasteiger partial charge in [0.05, 0.1) is 11.5 Å². The first kappa shape index (κ1) is 18.9. The van der Waals surface area contributed by atoms with Crippen LogP contribution in [-0.4, -0.2) is 43.9 Å². The Morgan fingerprint density at radius 2 is 1.96 bits per heavy atom. The van der Waals surface area contributed by atoms with E-state index in [1.165, 1.54) is 13.4 Å². The second-order valence-corrected chi connectivity index (χ2v) is 6.32. The maximum Gasteiger partial charge on any atom is 0.435 e. The first-order valence-corrected chi connectivity index (χ1v) is 8.25. The number of hydrogen-bond donors (Lipinski definition) is 1. The van der Waals surface area contributed by atoms with Gasteiger partial charge in [0.1, 0.15) is 12.1 Å². The summed E-state index contributed by atoms with van der Waals surface area (Å²) in [5.41, 5.74) is -0.497. The average molecular weight is 385 g/mol. The van der Waals surface area contributed by atoms with Crippen LogP contribution in [0.15, 0.2) is 12.4 Å². The minimum absolute atomic E-state index is 0.0975. The molecular weight excluding hydrogens is 367 g/mol. The second kappa shape index (κ2) is 7.05. The van der Waals surface area contributed by atoms with E-state index in [2.05, 4.69) is 15.1 Å². The van der Waals surface area contributed by atoms with Gasteiger partial charge in [0.15, 0.2) is 5.69 Å². The van der Waals surface area contributed by atoms with E-state index in [0.717, 1.165) is 10.7 Å². The highest BCUT2D eigenvalue weighted by Crippen LogP contribution is 2.34. The Morgan fingerprint density at radius 3 is 2.52 bits per heavy atom. The third kappa shape index (κ3) is 3.96. The molecule has 0 saturated carbocycles. The predicted molar refractivity (Wildman–Crippen MR) is 87.6 cm³/mol. The molecule has 0 bridgehead atoms. The van der Waals surface area contributed by atoms with Crippen LogP contribution >= 0.6 is 0 Å². The molecule has 1 aliphatic rings. The average Bonchev–Trinajstić information content (AvgIpc) is 2.98. The van der Waals surface area contributed by atoms with Crippen LogP contribution in [0.1, 0.15) is 24.1 Å². The van der Waals surface area contributed by atoms with Crippen LogP contribution < -0.4 is 9.64 Å². The largest absolute Gasteiger partial charge is 0.481 e. The lowest BCUT2D eigenvalue weighted by Gasteiger charge is -2.31. The topological polar surface area (TPSA) is 93.4 Å². The van der Waals surface area contributed by atoms with Crippen molar-refractivity contribution < 1.29 is 27.8 Å². The Bertz CT molecular complexity index is 844. The zero-order valence-corrected chi connectivity index (χ0v) is 14.7. The number of carbonyl (C=O) groups is 1. The van der Waals surface area contributed by atoms with Crippen LogP contribution in [0.5, 0.6) is 11.8 Å². The zero-order valence-electron chi connectivity index (χ0n) is 14.7. The summed E-state index contributed by atoms with van der Waals surface area (Å²) < 4.78 is 44.9. The minimum Gasteiger partial charge on any atom is -0.481 e. The minimum atomic E-state index is -4.57. The zero-order chi connectivity index (χ0) is 19.8. The molecule has 2 aromatic heterocycles. The van der Waals surface area contributed by atoms with Gasteiger partial charge in [0.2, 0.25) is 11.8 Å². The highest BCUT2D eigenvalue weighted by Gasteiger charge is 2.35. The summed E-state index contributed by atoms with van der Waals surface area (Å²) in [5.74, 6) is -0.595. The fourth-order valence-electron chi connectivity index (χ4n) is 2.97. The van der Waals surface area contributed by atoms with Crippen LogP contribution in [0.25, 0.3) is 0 Å².